The maximum absolute atomic E-state index is 5.57. The lowest BCUT2D eigenvalue weighted by atomic mass is 9.81. The highest BCUT2D eigenvalue weighted by Gasteiger charge is 2.33. The average molecular weight is 311 g/mol. The summed E-state index contributed by atoms with van der Waals surface area (Å²) in [6.07, 6.45) is 2.28. The summed E-state index contributed by atoms with van der Waals surface area (Å²) in [5, 5.41) is 1.03. The monoisotopic (exact) mass is 310 g/mol. The van der Waals surface area contributed by atoms with Gasteiger partial charge in [0.1, 0.15) is 0 Å². The third kappa shape index (κ3) is 3.16. The lowest BCUT2D eigenvalue weighted by Gasteiger charge is -2.25. The number of halogens is 1. The van der Waals surface area contributed by atoms with E-state index in [1.807, 2.05) is 0 Å². The SMILES string of the molecule is CC(C)(C)c1ccc(CC2(CBr)CCOC2)cc1. The molecule has 1 nitrogen and oxygen atoms in total. The molecule has 1 fully saturated rings. The molecule has 0 spiro atoms. The number of hydrogen-bond acceptors (Lipinski definition) is 1. The first-order chi connectivity index (χ1) is 8.45. The van der Waals surface area contributed by atoms with Crippen molar-refractivity contribution >= 4 is 15.9 Å². The Kier molecular flexibility index (Phi) is 4.18. The zero-order valence-electron chi connectivity index (χ0n) is 11.6. The van der Waals surface area contributed by atoms with Gasteiger partial charge in [0.25, 0.3) is 0 Å². The van der Waals surface area contributed by atoms with E-state index in [0.717, 1.165) is 25.0 Å². The quantitative estimate of drug-likeness (QED) is 0.755. The summed E-state index contributed by atoms with van der Waals surface area (Å²) in [6, 6.07) is 9.10. The van der Waals surface area contributed by atoms with Gasteiger partial charge in [0.05, 0.1) is 6.61 Å². The summed E-state index contributed by atoms with van der Waals surface area (Å²) in [4.78, 5) is 0. The number of ether oxygens (including phenoxy) is 1. The van der Waals surface area contributed by atoms with Crippen LogP contribution in [-0.2, 0) is 16.6 Å². The van der Waals surface area contributed by atoms with E-state index in [9.17, 15) is 0 Å². The van der Waals surface area contributed by atoms with Crippen molar-refractivity contribution in [2.45, 2.75) is 39.0 Å². The molecule has 2 heteroatoms. The van der Waals surface area contributed by atoms with Gasteiger partial charge < -0.3 is 4.74 Å². The Morgan fingerprint density at radius 2 is 1.89 bits per heavy atom. The van der Waals surface area contributed by atoms with Gasteiger partial charge in [-0.3, -0.25) is 0 Å². The molecule has 0 aromatic heterocycles. The number of alkyl halides is 1. The molecule has 1 atom stereocenters. The molecule has 0 saturated carbocycles. The maximum atomic E-state index is 5.57. The molecule has 1 saturated heterocycles. The molecule has 0 radical (unpaired) electrons. The first-order valence-electron chi connectivity index (χ1n) is 6.68. The molecule has 1 aliphatic rings. The van der Waals surface area contributed by atoms with E-state index in [4.69, 9.17) is 4.74 Å². The predicted molar refractivity (Wildman–Crippen MR) is 80.5 cm³/mol. The molecule has 0 bridgehead atoms. The molecule has 1 aliphatic heterocycles. The Balaban J connectivity index is 2.11. The Hall–Kier alpha value is -0.340. The molecular formula is C16H23BrO. The van der Waals surface area contributed by atoms with Crippen molar-refractivity contribution in [2.24, 2.45) is 5.41 Å². The molecule has 1 unspecified atom stereocenters. The van der Waals surface area contributed by atoms with Crippen LogP contribution in [-0.4, -0.2) is 18.5 Å². The van der Waals surface area contributed by atoms with E-state index < -0.39 is 0 Å². The van der Waals surface area contributed by atoms with E-state index in [0.29, 0.717) is 5.41 Å². The first-order valence-corrected chi connectivity index (χ1v) is 7.81. The van der Waals surface area contributed by atoms with Crippen LogP contribution < -0.4 is 0 Å². The molecule has 1 aromatic carbocycles. The normalized spacial score (nSPS) is 24.4. The molecule has 2 rings (SSSR count). The third-order valence-electron chi connectivity index (χ3n) is 3.87. The highest BCUT2D eigenvalue weighted by molar-refractivity contribution is 9.09. The van der Waals surface area contributed by atoms with Crippen molar-refractivity contribution in [3.05, 3.63) is 35.4 Å². The standard InChI is InChI=1S/C16H23BrO/c1-15(2,3)14-6-4-13(5-7-14)10-16(11-17)8-9-18-12-16/h4-7H,8-12H2,1-3H3. The van der Waals surface area contributed by atoms with Crippen LogP contribution in [0.15, 0.2) is 24.3 Å². The molecular weight excluding hydrogens is 288 g/mol. The minimum Gasteiger partial charge on any atom is -0.381 e. The fraction of sp³-hybridized carbons (Fsp3) is 0.625. The number of rotatable bonds is 3. The Labute approximate surface area is 119 Å². The highest BCUT2D eigenvalue weighted by atomic mass is 79.9. The van der Waals surface area contributed by atoms with Gasteiger partial charge in [0, 0.05) is 17.4 Å². The zero-order chi connectivity index (χ0) is 13.2. The smallest absolute Gasteiger partial charge is 0.0534 e. The second kappa shape index (κ2) is 5.34. The van der Waals surface area contributed by atoms with Crippen LogP contribution in [0.1, 0.15) is 38.3 Å². The van der Waals surface area contributed by atoms with Gasteiger partial charge in [-0.25, -0.2) is 0 Å². The van der Waals surface area contributed by atoms with Gasteiger partial charge in [-0.15, -0.1) is 0 Å². The van der Waals surface area contributed by atoms with Crippen molar-refractivity contribution in [1.82, 2.24) is 0 Å². The van der Waals surface area contributed by atoms with Gasteiger partial charge >= 0.3 is 0 Å². The molecule has 1 heterocycles. The van der Waals surface area contributed by atoms with Crippen molar-refractivity contribution in [3.8, 4) is 0 Å². The van der Waals surface area contributed by atoms with Gasteiger partial charge in [-0.2, -0.15) is 0 Å². The van der Waals surface area contributed by atoms with Gasteiger partial charge in [0.15, 0.2) is 0 Å². The van der Waals surface area contributed by atoms with E-state index in [-0.39, 0.29) is 5.41 Å². The van der Waals surface area contributed by atoms with Crippen molar-refractivity contribution in [3.63, 3.8) is 0 Å². The first kappa shape index (κ1) is 14.1. The van der Waals surface area contributed by atoms with Gasteiger partial charge in [-0.1, -0.05) is 61.0 Å². The van der Waals surface area contributed by atoms with Crippen molar-refractivity contribution in [1.29, 1.82) is 0 Å². The molecule has 18 heavy (non-hydrogen) atoms. The fourth-order valence-electron chi connectivity index (χ4n) is 2.50. The molecule has 1 aromatic rings. The second-order valence-corrected chi connectivity index (χ2v) is 7.12. The van der Waals surface area contributed by atoms with Gasteiger partial charge in [-0.05, 0) is 29.4 Å². The predicted octanol–water partition coefficient (Wildman–Crippen LogP) is 4.33. The van der Waals surface area contributed by atoms with Crippen LogP contribution in [0.2, 0.25) is 0 Å². The van der Waals surface area contributed by atoms with Crippen LogP contribution in [0.3, 0.4) is 0 Å². The fourth-order valence-corrected chi connectivity index (χ4v) is 3.14. The van der Waals surface area contributed by atoms with Crippen LogP contribution >= 0.6 is 15.9 Å². The Bertz CT molecular complexity index is 383. The lowest BCUT2D eigenvalue weighted by Crippen LogP contribution is -2.25. The molecule has 100 valence electrons. The minimum atomic E-state index is 0.238. The Morgan fingerprint density at radius 3 is 2.33 bits per heavy atom. The minimum absolute atomic E-state index is 0.238. The van der Waals surface area contributed by atoms with Gasteiger partial charge in [0.2, 0.25) is 0 Å². The largest absolute Gasteiger partial charge is 0.381 e. The second-order valence-electron chi connectivity index (χ2n) is 6.56. The van der Waals surface area contributed by atoms with Crippen LogP contribution in [0.25, 0.3) is 0 Å². The number of benzene rings is 1. The van der Waals surface area contributed by atoms with Crippen LogP contribution in [0, 0.1) is 5.41 Å². The summed E-state index contributed by atoms with van der Waals surface area (Å²) in [6.45, 7) is 8.57. The van der Waals surface area contributed by atoms with E-state index in [1.165, 1.54) is 17.5 Å². The summed E-state index contributed by atoms with van der Waals surface area (Å²) in [7, 11) is 0. The van der Waals surface area contributed by atoms with E-state index in [2.05, 4.69) is 61.0 Å². The highest BCUT2D eigenvalue weighted by Crippen LogP contribution is 2.35. The Morgan fingerprint density at radius 1 is 1.22 bits per heavy atom. The average Bonchev–Trinajstić information content (AvgIpc) is 2.78. The molecule has 0 N–H and O–H groups in total. The van der Waals surface area contributed by atoms with E-state index in [1.54, 1.807) is 0 Å². The topological polar surface area (TPSA) is 9.23 Å². The maximum Gasteiger partial charge on any atom is 0.0534 e. The van der Waals surface area contributed by atoms with Crippen LogP contribution in [0.5, 0.6) is 0 Å². The van der Waals surface area contributed by atoms with Crippen molar-refractivity contribution < 1.29 is 4.74 Å². The summed E-state index contributed by atoms with van der Waals surface area (Å²) < 4.78 is 5.57. The molecule has 0 amide bonds. The zero-order valence-corrected chi connectivity index (χ0v) is 13.2. The summed E-state index contributed by atoms with van der Waals surface area (Å²) in [5.41, 5.74) is 3.38. The molecule has 0 aliphatic carbocycles. The lowest BCUT2D eigenvalue weighted by molar-refractivity contribution is 0.162. The number of hydrogen-bond donors (Lipinski definition) is 0. The van der Waals surface area contributed by atoms with Crippen molar-refractivity contribution in [2.75, 3.05) is 18.5 Å². The summed E-state index contributed by atoms with van der Waals surface area (Å²) in [5.74, 6) is 0. The third-order valence-corrected chi connectivity index (χ3v) is 5.06. The van der Waals surface area contributed by atoms with Crippen LogP contribution in [0.4, 0.5) is 0 Å². The summed E-state index contributed by atoms with van der Waals surface area (Å²) >= 11 is 3.66. The van der Waals surface area contributed by atoms with E-state index >= 15 is 0 Å².